The molecule has 0 aliphatic heterocycles. The number of hydrogen-bond donors (Lipinski definition) is 0. The zero-order valence-electron chi connectivity index (χ0n) is 13.9. The number of ketones is 1. The first-order valence-electron chi connectivity index (χ1n) is 7.23. The lowest BCUT2D eigenvalue weighted by atomic mass is 10.1. The highest BCUT2D eigenvalue weighted by Gasteiger charge is 2.33. The van der Waals surface area contributed by atoms with E-state index >= 15 is 0 Å². The van der Waals surface area contributed by atoms with Crippen LogP contribution in [-0.2, 0) is 0 Å². The van der Waals surface area contributed by atoms with Crippen LogP contribution in [0.3, 0.4) is 0 Å². The van der Waals surface area contributed by atoms with Crippen LogP contribution in [0.25, 0.3) is 21.1 Å². The van der Waals surface area contributed by atoms with Crippen LogP contribution in [0.1, 0.15) is 15.9 Å². The molecule has 158 valence electrons. The largest absolute Gasteiger partial charge is 0.673 e. The number of fused-ring (bicyclic) bond motifs is 3. The van der Waals surface area contributed by atoms with Gasteiger partial charge in [0.05, 0.1) is 0 Å². The number of halogens is 10. The fraction of sp³-hybridized carbons (Fsp3) is 0. The van der Waals surface area contributed by atoms with E-state index in [4.69, 9.17) is 34.0 Å². The van der Waals surface area contributed by atoms with Crippen molar-refractivity contribution in [2.75, 3.05) is 0 Å². The van der Waals surface area contributed by atoms with E-state index in [2.05, 4.69) is 9.95 Å². The Bertz CT molecular complexity index is 984. The molecular weight excluding hydrogens is 473 g/mol. The van der Waals surface area contributed by atoms with E-state index in [9.17, 15) is 39.3 Å². The SMILES string of the molecule is F[B-](F)(F)F.F[B-](F)(F)F.N#[N+]c1cc2c(cc1Cl)-c1cc(Cl)c([N+]#N)cc1C2=O. The first-order chi connectivity index (χ1) is 13.6. The minimum Gasteiger partial charge on any atom is -0.418 e. The van der Waals surface area contributed by atoms with Crippen LogP contribution >= 0.6 is 23.2 Å². The molecule has 0 heterocycles. The second-order valence-corrected chi connectivity index (χ2v) is 6.03. The number of carbonyl (C=O) groups is 1. The van der Waals surface area contributed by atoms with Gasteiger partial charge >= 0.3 is 25.9 Å². The molecule has 1 aliphatic carbocycles. The summed E-state index contributed by atoms with van der Waals surface area (Å²) in [7, 11) is -12.0. The van der Waals surface area contributed by atoms with Crippen molar-refractivity contribution in [1.29, 1.82) is 10.8 Å². The average molecular weight is 477 g/mol. The minimum absolute atomic E-state index is 0.115. The van der Waals surface area contributed by atoms with Crippen LogP contribution < -0.4 is 0 Å². The van der Waals surface area contributed by atoms with Crippen molar-refractivity contribution in [2.45, 2.75) is 0 Å². The molecule has 0 spiro atoms. The molecule has 0 saturated heterocycles. The van der Waals surface area contributed by atoms with Crippen molar-refractivity contribution in [3.8, 4) is 11.1 Å². The number of carbonyl (C=O) groups excluding carboxylic acids is 1. The second kappa shape index (κ2) is 9.28. The fourth-order valence-electron chi connectivity index (χ4n) is 2.24. The van der Waals surface area contributed by atoms with Gasteiger partial charge in [0.1, 0.15) is 10.0 Å². The molecular formula is C13H4B2Cl2F8N4O. The predicted octanol–water partition coefficient (Wildman–Crippen LogP) is 7.77. The van der Waals surface area contributed by atoms with E-state index in [0.717, 1.165) is 0 Å². The first-order valence-corrected chi connectivity index (χ1v) is 7.99. The van der Waals surface area contributed by atoms with Gasteiger partial charge in [0.15, 0.2) is 15.7 Å². The lowest BCUT2D eigenvalue weighted by Crippen LogP contribution is -2.02. The lowest BCUT2D eigenvalue weighted by molar-refractivity contribution is 0.104. The molecule has 2 aromatic carbocycles. The van der Waals surface area contributed by atoms with Crippen LogP contribution in [0, 0.1) is 10.8 Å². The average Bonchev–Trinajstić information content (AvgIpc) is 2.81. The Hall–Kier alpha value is -2.90. The van der Waals surface area contributed by atoms with Gasteiger partial charge in [-0.2, -0.15) is 0 Å². The third-order valence-corrected chi connectivity index (χ3v) is 3.77. The number of diazo groups is 2. The molecule has 17 heteroatoms. The van der Waals surface area contributed by atoms with Gasteiger partial charge in [-0.05, 0) is 23.3 Å². The van der Waals surface area contributed by atoms with Gasteiger partial charge in [0.25, 0.3) is 0 Å². The molecule has 2 aromatic rings. The maximum absolute atomic E-state index is 12.3. The zero-order chi connectivity index (χ0) is 23.4. The summed E-state index contributed by atoms with van der Waals surface area (Å²) in [6.45, 7) is 0. The molecule has 0 atom stereocenters. The van der Waals surface area contributed by atoms with Crippen LogP contribution in [-0.4, -0.2) is 20.3 Å². The third kappa shape index (κ3) is 7.17. The number of rotatable bonds is 0. The van der Waals surface area contributed by atoms with Gasteiger partial charge in [-0.25, -0.2) is 0 Å². The van der Waals surface area contributed by atoms with E-state index in [1.807, 2.05) is 0 Å². The van der Waals surface area contributed by atoms with Crippen LogP contribution in [0.5, 0.6) is 0 Å². The molecule has 0 N–H and O–H groups in total. The summed E-state index contributed by atoms with van der Waals surface area (Å²) in [5.41, 5.74) is 2.17. The summed E-state index contributed by atoms with van der Waals surface area (Å²) in [4.78, 5) is 18.4. The van der Waals surface area contributed by atoms with Gasteiger partial charge in [-0.1, -0.05) is 23.2 Å². The Kier molecular flexibility index (Phi) is 7.77. The summed E-state index contributed by atoms with van der Waals surface area (Å²) in [5.74, 6) is -0.266. The van der Waals surface area contributed by atoms with Gasteiger partial charge < -0.3 is 34.5 Å². The Morgan fingerprint density at radius 2 is 0.900 bits per heavy atom. The van der Waals surface area contributed by atoms with Crippen LogP contribution in [0.4, 0.5) is 45.9 Å². The molecule has 0 radical (unpaired) electrons. The summed E-state index contributed by atoms with van der Waals surface area (Å²) in [6, 6.07) is 5.90. The molecule has 0 amide bonds. The first kappa shape index (κ1) is 25.1. The summed E-state index contributed by atoms with van der Waals surface area (Å²) in [6.07, 6.45) is 0. The maximum atomic E-state index is 12.3. The Balaban J connectivity index is 0.000000378. The fourth-order valence-corrected chi connectivity index (χ4v) is 2.65. The smallest absolute Gasteiger partial charge is 0.418 e. The van der Waals surface area contributed by atoms with E-state index in [1.165, 1.54) is 12.1 Å². The quantitative estimate of drug-likeness (QED) is 0.189. The van der Waals surface area contributed by atoms with Crippen molar-refractivity contribution in [3.05, 3.63) is 55.4 Å². The van der Waals surface area contributed by atoms with Crippen molar-refractivity contribution in [2.24, 2.45) is 0 Å². The predicted molar refractivity (Wildman–Crippen MR) is 95.2 cm³/mol. The topological polar surface area (TPSA) is 73.4 Å². The zero-order valence-corrected chi connectivity index (χ0v) is 15.5. The molecule has 5 nitrogen and oxygen atoms in total. The highest BCUT2D eigenvalue weighted by atomic mass is 35.5. The van der Waals surface area contributed by atoms with Crippen molar-refractivity contribution < 1.29 is 39.3 Å². The summed E-state index contributed by atoms with van der Waals surface area (Å²) < 4.78 is 78.0. The minimum atomic E-state index is -6.00. The Morgan fingerprint density at radius 3 is 1.13 bits per heavy atom. The van der Waals surface area contributed by atoms with Gasteiger partial charge in [0, 0.05) is 23.3 Å². The highest BCUT2D eigenvalue weighted by molar-refractivity contribution is 6.50. The van der Waals surface area contributed by atoms with Gasteiger partial charge in [-0.15, -0.1) is 0 Å². The highest BCUT2D eigenvalue weighted by Crippen LogP contribution is 2.44. The molecule has 1 aliphatic rings. The molecule has 0 unspecified atom stereocenters. The molecule has 0 aromatic heterocycles. The lowest BCUT2D eigenvalue weighted by Gasteiger charge is -1.98. The van der Waals surface area contributed by atoms with E-state index < -0.39 is 14.5 Å². The van der Waals surface area contributed by atoms with Crippen molar-refractivity contribution in [1.82, 2.24) is 0 Å². The van der Waals surface area contributed by atoms with E-state index in [-0.39, 0.29) is 27.2 Å². The molecule has 30 heavy (non-hydrogen) atoms. The number of benzene rings is 2. The molecule has 0 saturated carbocycles. The Morgan fingerprint density at radius 1 is 0.633 bits per heavy atom. The molecule has 0 fully saturated rings. The summed E-state index contributed by atoms with van der Waals surface area (Å²) >= 11 is 11.9. The van der Waals surface area contributed by atoms with Crippen LogP contribution in [0.15, 0.2) is 24.3 Å². The van der Waals surface area contributed by atoms with Crippen LogP contribution in [0.2, 0.25) is 10.0 Å². The van der Waals surface area contributed by atoms with Crippen molar-refractivity contribution in [3.63, 3.8) is 0 Å². The second-order valence-electron chi connectivity index (χ2n) is 5.22. The molecule has 3 rings (SSSR count). The standard InChI is InChI=1S/C13H4Cl2N4O.2BF4/c14-9-1-5-6-2-10(15)12(19-17)4-8(6)13(20)7(5)3-11(9)18-16;2*2-1(3,4)5/h1-4H;;/q+2;2*-1. The maximum Gasteiger partial charge on any atom is 0.673 e. The molecule has 0 bridgehead atoms. The normalized spacial score (nSPS) is 11.7. The monoisotopic (exact) mass is 476 g/mol. The Labute approximate surface area is 172 Å². The third-order valence-electron chi connectivity index (χ3n) is 3.17. The van der Waals surface area contributed by atoms with Crippen molar-refractivity contribution >= 4 is 54.9 Å². The van der Waals surface area contributed by atoms with Gasteiger partial charge in [-0.3, -0.25) is 4.79 Å². The van der Waals surface area contributed by atoms with E-state index in [0.29, 0.717) is 22.3 Å². The number of nitrogens with zero attached hydrogens (tertiary/aromatic N) is 4. The van der Waals surface area contributed by atoms with E-state index in [1.54, 1.807) is 12.1 Å². The van der Waals surface area contributed by atoms with Gasteiger partial charge in [0.2, 0.25) is 10.8 Å². The summed E-state index contributed by atoms with van der Waals surface area (Å²) in [5, 5.41) is 18.1. The number of hydrogen-bond acceptors (Lipinski definition) is 3.